The zero-order valence-corrected chi connectivity index (χ0v) is 17.0. The number of anilines is 1. The van der Waals surface area contributed by atoms with E-state index in [-0.39, 0.29) is 12.0 Å². The van der Waals surface area contributed by atoms with Gasteiger partial charge < -0.3 is 19.2 Å². The molecular formula is C23H28N4O2. The molecule has 0 bridgehead atoms. The molecule has 0 N–H and O–H groups in total. The minimum atomic E-state index is 0.125. The summed E-state index contributed by atoms with van der Waals surface area (Å²) in [6, 6.07) is 8.81. The Morgan fingerprint density at radius 2 is 1.93 bits per heavy atom. The maximum Gasteiger partial charge on any atom is 0.227 e. The van der Waals surface area contributed by atoms with Gasteiger partial charge in [-0.2, -0.15) is 0 Å². The average Bonchev–Trinajstić information content (AvgIpc) is 3.34. The first kappa shape index (κ1) is 18.4. The van der Waals surface area contributed by atoms with E-state index in [1.807, 2.05) is 18.0 Å². The molecule has 1 aromatic heterocycles. The predicted molar refractivity (Wildman–Crippen MR) is 112 cm³/mol. The van der Waals surface area contributed by atoms with Gasteiger partial charge in [-0.15, -0.1) is 0 Å². The summed E-state index contributed by atoms with van der Waals surface area (Å²) in [6.07, 6.45) is 10.6. The van der Waals surface area contributed by atoms with Crippen molar-refractivity contribution in [2.45, 2.75) is 31.7 Å². The number of carbonyl (C=O) groups is 1. The molecule has 1 amide bonds. The predicted octanol–water partition coefficient (Wildman–Crippen LogP) is 1.72. The van der Waals surface area contributed by atoms with Gasteiger partial charge in [-0.1, -0.05) is 23.7 Å². The van der Waals surface area contributed by atoms with Gasteiger partial charge in [0.1, 0.15) is 0 Å². The van der Waals surface area contributed by atoms with Crippen LogP contribution in [-0.4, -0.2) is 54.1 Å². The first-order valence-electron chi connectivity index (χ1n) is 10.7. The molecule has 5 rings (SSSR count). The fraction of sp³-hybridized carbons (Fsp3) is 0.478. The number of nitrogens with zero attached hydrogens (tertiary/aromatic N) is 4. The highest BCUT2D eigenvalue weighted by Crippen LogP contribution is 2.36. The van der Waals surface area contributed by atoms with Crippen LogP contribution in [0.2, 0.25) is 0 Å². The SMILES string of the molecule is CN1C(=O)[C@H](CN2CCCCC2)C[C@@H]1c1ccc(N2C=c3cnoc3=CC2)cc1. The molecule has 1 aromatic carbocycles. The third-order valence-electron chi connectivity index (χ3n) is 6.60. The highest BCUT2D eigenvalue weighted by Gasteiger charge is 2.38. The van der Waals surface area contributed by atoms with Gasteiger partial charge in [0.15, 0.2) is 5.42 Å². The molecule has 0 saturated carbocycles. The van der Waals surface area contributed by atoms with Crippen LogP contribution in [0.4, 0.5) is 5.69 Å². The van der Waals surface area contributed by atoms with Crippen molar-refractivity contribution in [3.63, 3.8) is 0 Å². The molecule has 6 heteroatoms. The summed E-state index contributed by atoms with van der Waals surface area (Å²) in [7, 11) is 1.96. The van der Waals surface area contributed by atoms with Crippen LogP contribution in [0, 0.1) is 5.92 Å². The van der Waals surface area contributed by atoms with Crippen LogP contribution in [0.3, 0.4) is 0 Å². The Morgan fingerprint density at radius 3 is 2.72 bits per heavy atom. The number of aromatic nitrogens is 1. The number of hydrogen-bond donors (Lipinski definition) is 0. The van der Waals surface area contributed by atoms with Crippen LogP contribution in [-0.2, 0) is 4.79 Å². The number of rotatable bonds is 4. The summed E-state index contributed by atoms with van der Waals surface area (Å²) in [4.78, 5) is 19.5. The molecule has 0 spiro atoms. The molecule has 2 fully saturated rings. The third kappa shape index (κ3) is 3.57. The van der Waals surface area contributed by atoms with Gasteiger partial charge in [0.05, 0.1) is 23.4 Å². The fourth-order valence-electron chi connectivity index (χ4n) is 4.91. The molecule has 2 saturated heterocycles. The summed E-state index contributed by atoms with van der Waals surface area (Å²) >= 11 is 0. The van der Waals surface area contributed by atoms with E-state index in [1.165, 1.54) is 24.8 Å². The number of fused-ring (bicyclic) bond motifs is 1. The van der Waals surface area contributed by atoms with Gasteiger partial charge in [-0.25, -0.2) is 0 Å². The number of piperidine rings is 1. The minimum absolute atomic E-state index is 0.125. The Morgan fingerprint density at radius 1 is 1.14 bits per heavy atom. The van der Waals surface area contributed by atoms with Crippen LogP contribution in [0.5, 0.6) is 0 Å². The summed E-state index contributed by atoms with van der Waals surface area (Å²) < 4.78 is 5.21. The van der Waals surface area contributed by atoms with Crippen molar-refractivity contribution in [2.75, 3.05) is 38.1 Å². The third-order valence-corrected chi connectivity index (χ3v) is 6.60. The van der Waals surface area contributed by atoms with Crippen molar-refractivity contribution < 1.29 is 9.32 Å². The maximum atomic E-state index is 12.8. The summed E-state index contributed by atoms with van der Waals surface area (Å²) in [5.41, 5.74) is 3.19. The summed E-state index contributed by atoms with van der Waals surface area (Å²) in [5.74, 6) is 0.420. The van der Waals surface area contributed by atoms with E-state index in [9.17, 15) is 4.79 Å². The Bertz CT molecular complexity index is 991. The quantitative estimate of drug-likeness (QED) is 0.793. The largest absolute Gasteiger partial charge is 0.357 e. The lowest BCUT2D eigenvalue weighted by Gasteiger charge is -2.28. The molecule has 3 aliphatic heterocycles. The monoisotopic (exact) mass is 392 g/mol. The highest BCUT2D eigenvalue weighted by molar-refractivity contribution is 5.81. The van der Waals surface area contributed by atoms with E-state index in [1.54, 1.807) is 6.20 Å². The fourth-order valence-corrected chi connectivity index (χ4v) is 4.91. The van der Waals surface area contributed by atoms with Crippen LogP contribution in [0.1, 0.15) is 37.3 Å². The number of amides is 1. The Hall–Kier alpha value is -2.60. The number of hydrogen-bond acceptors (Lipinski definition) is 5. The van der Waals surface area contributed by atoms with Crippen molar-refractivity contribution in [1.29, 1.82) is 0 Å². The Labute approximate surface area is 171 Å². The lowest BCUT2D eigenvalue weighted by molar-refractivity contribution is -0.131. The van der Waals surface area contributed by atoms with E-state index in [0.29, 0.717) is 5.91 Å². The summed E-state index contributed by atoms with van der Waals surface area (Å²) in [5, 5.41) is 4.86. The maximum absolute atomic E-state index is 12.8. The molecule has 6 nitrogen and oxygen atoms in total. The molecule has 3 aliphatic rings. The van der Waals surface area contributed by atoms with Gasteiger partial charge >= 0.3 is 0 Å². The molecule has 4 heterocycles. The standard InChI is InChI=1S/C23H28N4O2/c1-25-21(13-18(23(25)28)15-26-10-3-2-4-11-26)17-5-7-20(8-6-17)27-12-9-22-19(16-27)14-24-29-22/h5-9,14,16,18,21H,2-4,10-13,15H2,1H3/t18-,21+/m0/s1. The van der Waals surface area contributed by atoms with Gasteiger partial charge in [-0.3, -0.25) is 4.79 Å². The average molecular weight is 393 g/mol. The van der Waals surface area contributed by atoms with E-state index >= 15 is 0 Å². The molecule has 2 atom stereocenters. The van der Waals surface area contributed by atoms with Crippen molar-refractivity contribution in [2.24, 2.45) is 5.92 Å². The Kier molecular flexibility index (Phi) is 4.87. The highest BCUT2D eigenvalue weighted by atomic mass is 16.5. The number of carbonyl (C=O) groups excluding carboxylic acids is 1. The zero-order chi connectivity index (χ0) is 19.8. The van der Waals surface area contributed by atoms with Gasteiger partial charge in [0.2, 0.25) is 5.91 Å². The topological polar surface area (TPSA) is 52.8 Å². The Balaban J connectivity index is 1.29. The normalized spacial score (nSPS) is 24.9. The molecule has 0 radical (unpaired) electrons. The van der Waals surface area contributed by atoms with Gasteiger partial charge in [0, 0.05) is 32.0 Å². The first-order chi connectivity index (χ1) is 14.2. The smallest absolute Gasteiger partial charge is 0.227 e. The van der Waals surface area contributed by atoms with Crippen molar-refractivity contribution >= 4 is 23.9 Å². The molecule has 0 aliphatic carbocycles. The lowest BCUT2D eigenvalue weighted by Crippen LogP contribution is -2.36. The van der Waals surface area contributed by atoms with E-state index in [0.717, 1.165) is 48.9 Å². The van der Waals surface area contributed by atoms with Gasteiger partial charge in [-0.05, 0) is 56.1 Å². The minimum Gasteiger partial charge on any atom is -0.357 e. The zero-order valence-electron chi connectivity index (χ0n) is 17.0. The number of likely N-dealkylation sites (tertiary alicyclic amines) is 2. The second kappa shape index (κ2) is 7.67. The van der Waals surface area contributed by atoms with Crippen molar-refractivity contribution in [3.05, 3.63) is 46.7 Å². The second-order valence-corrected chi connectivity index (χ2v) is 8.48. The van der Waals surface area contributed by atoms with Crippen molar-refractivity contribution in [1.82, 2.24) is 15.0 Å². The van der Waals surface area contributed by atoms with E-state index < -0.39 is 0 Å². The van der Waals surface area contributed by atoms with Crippen LogP contribution in [0.15, 0.2) is 35.0 Å². The molecule has 0 unspecified atom stereocenters. The van der Waals surface area contributed by atoms with Gasteiger partial charge in [0.25, 0.3) is 0 Å². The molecule has 152 valence electrons. The van der Waals surface area contributed by atoms with E-state index in [2.05, 4.69) is 45.4 Å². The second-order valence-electron chi connectivity index (χ2n) is 8.48. The molecule has 2 aromatic rings. The van der Waals surface area contributed by atoms with Crippen LogP contribution >= 0.6 is 0 Å². The van der Waals surface area contributed by atoms with E-state index in [4.69, 9.17) is 4.52 Å². The molecule has 29 heavy (non-hydrogen) atoms. The number of benzene rings is 1. The van der Waals surface area contributed by atoms with Crippen LogP contribution in [0.25, 0.3) is 12.3 Å². The van der Waals surface area contributed by atoms with Crippen molar-refractivity contribution in [3.8, 4) is 0 Å². The molecular weight excluding hydrogens is 364 g/mol. The van der Waals surface area contributed by atoms with Crippen LogP contribution < -0.4 is 15.5 Å². The lowest BCUT2D eigenvalue weighted by atomic mass is 9.98. The summed E-state index contributed by atoms with van der Waals surface area (Å²) in [6.45, 7) is 3.97. The first-order valence-corrected chi connectivity index (χ1v) is 10.7.